The van der Waals surface area contributed by atoms with E-state index < -0.39 is 6.10 Å². The Morgan fingerprint density at radius 2 is 1.83 bits per heavy atom. The molecule has 0 saturated heterocycles. The fourth-order valence-electron chi connectivity index (χ4n) is 1.80. The van der Waals surface area contributed by atoms with Crippen molar-refractivity contribution >= 4 is 22.2 Å². The molecule has 3 nitrogen and oxygen atoms in total. The summed E-state index contributed by atoms with van der Waals surface area (Å²) < 4.78 is 0. The van der Waals surface area contributed by atoms with Gasteiger partial charge in [0.15, 0.2) is 5.13 Å². The number of nitrogens with zero attached hydrogens (tertiary/aromatic N) is 2. The van der Waals surface area contributed by atoms with Gasteiger partial charge in [0.05, 0.1) is 16.7 Å². The zero-order valence-electron chi connectivity index (χ0n) is 11.1. The number of aromatic nitrogens is 1. The second kappa shape index (κ2) is 5.08. The first-order chi connectivity index (χ1) is 8.49. The lowest BCUT2D eigenvalue weighted by Crippen LogP contribution is -2.08. The molecule has 1 N–H and O–H groups in total. The van der Waals surface area contributed by atoms with Crippen molar-refractivity contribution in [2.45, 2.75) is 26.9 Å². The Labute approximate surface area is 112 Å². The van der Waals surface area contributed by atoms with Gasteiger partial charge in [-0.05, 0) is 32.9 Å². The van der Waals surface area contributed by atoms with Gasteiger partial charge >= 0.3 is 0 Å². The summed E-state index contributed by atoms with van der Waals surface area (Å²) in [4.78, 5) is 7.49. The van der Waals surface area contributed by atoms with Gasteiger partial charge in [-0.3, -0.25) is 0 Å². The third-order valence-corrected chi connectivity index (χ3v) is 4.31. The van der Waals surface area contributed by atoms with Gasteiger partial charge in [0.2, 0.25) is 0 Å². The van der Waals surface area contributed by atoms with E-state index >= 15 is 0 Å². The molecule has 1 aromatic heterocycles. The van der Waals surface area contributed by atoms with Crippen LogP contribution in [0, 0.1) is 13.8 Å². The maximum absolute atomic E-state index is 9.66. The largest absolute Gasteiger partial charge is 0.388 e. The highest BCUT2D eigenvalue weighted by molar-refractivity contribution is 7.15. The number of aryl methyl sites for hydroxylation is 2. The van der Waals surface area contributed by atoms with Crippen molar-refractivity contribution in [3.05, 3.63) is 40.4 Å². The van der Waals surface area contributed by atoms with Crippen LogP contribution >= 0.6 is 11.3 Å². The molecule has 0 aliphatic carbocycles. The van der Waals surface area contributed by atoms with Gasteiger partial charge in [0, 0.05) is 12.7 Å². The van der Waals surface area contributed by atoms with Crippen LogP contribution in [-0.4, -0.2) is 17.1 Å². The molecule has 1 atom stereocenters. The molecule has 0 amide bonds. The molecule has 0 saturated carbocycles. The van der Waals surface area contributed by atoms with Crippen molar-refractivity contribution in [3.63, 3.8) is 0 Å². The lowest BCUT2D eigenvalue weighted by molar-refractivity contribution is 0.202. The summed E-state index contributed by atoms with van der Waals surface area (Å²) in [5, 5.41) is 10.6. The van der Waals surface area contributed by atoms with Crippen molar-refractivity contribution in [2.24, 2.45) is 0 Å². The monoisotopic (exact) mass is 262 g/mol. The van der Waals surface area contributed by atoms with E-state index in [-0.39, 0.29) is 0 Å². The molecule has 1 heterocycles. The minimum absolute atomic E-state index is 0.456. The van der Waals surface area contributed by atoms with E-state index in [9.17, 15) is 5.11 Å². The summed E-state index contributed by atoms with van der Waals surface area (Å²) in [6.07, 6.45) is -0.456. The Morgan fingerprint density at radius 1 is 1.22 bits per heavy atom. The summed E-state index contributed by atoms with van der Waals surface area (Å²) >= 11 is 1.54. The highest BCUT2D eigenvalue weighted by Gasteiger charge is 2.15. The molecule has 0 spiro atoms. The van der Waals surface area contributed by atoms with E-state index in [0.717, 1.165) is 21.4 Å². The van der Waals surface area contributed by atoms with Crippen LogP contribution in [0.2, 0.25) is 0 Å². The molecular weight excluding hydrogens is 244 g/mol. The third kappa shape index (κ3) is 2.54. The summed E-state index contributed by atoms with van der Waals surface area (Å²) in [6.45, 7) is 5.78. The van der Waals surface area contributed by atoms with Crippen LogP contribution < -0.4 is 4.90 Å². The predicted octanol–water partition coefficient (Wildman–Crippen LogP) is 3.58. The Balaban J connectivity index is 2.31. The van der Waals surface area contributed by atoms with E-state index in [0.29, 0.717) is 0 Å². The van der Waals surface area contributed by atoms with Crippen LogP contribution in [0.4, 0.5) is 10.8 Å². The predicted molar refractivity (Wildman–Crippen MR) is 76.7 cm³/mol. The van der Waals surface area contributed by atoms with Crippen molar-refractivity contribution in [3.8, 4) is 0 Å². The van der Waals surface area contributed by atoms with Crippen molar-refractivity contribution in [1.82, 2.24) is 4.98 Å². The van der Waals surface area contributed by atoms with Gasteiger partial charge in [-0.15, -0.1) is 0 Å². The molecule has 0 fully saturated rings. The van der Waals surface area contributed by atoms with E-state index in [1.54, 1.807) is 6.92 Å². The number of aliphatic hydroxyl groups excluding tert-OH is 1. The van der Waals surface area contributed by atoms with Crippen LogP contribution in [-0.2, 0) is 0 Å². The number of benzene rings is 1. The quantitative estimate of drug-likeness (QED) is 0.918. The number of thiazole rings is 1. The second-order valence-corrected chi connectivity index (χ2v) is 5.53. The highest BCUT2D eigenvalue weighted by atomic mass is 32.1. The molecule has 18 heavy (non-hydrogen) atoms. The maximum atomic E-state index is 9.66. The number of hydrogen-bond donors (Lipinski definition) is 1. The van der Waals surface area contributed by atoms with Gasteiger partial charge < -0.3 is 10.0 Å². The average molecular weight is 262 g/mol. The van der Waals surface area contributed by atoms with Gasteiger partial charge in [-0.2, -0.15) is 0 Å². The smallest absolute Gasteiger partial charge is 0.190 e. The van der Waals surface area contributed by atoms with Crippen molar-refractivity contribution in [1.29, 1.82) is 0 Å². The number of rotatable bonds is 3. The normalized spacial score (nSPS) is 12.5. The van der Waals surface area contributed by atoms with Crippen molar-refractivity contribution < 1.29 is 5.11 Å². The van der Waals surface area contributed by atoms with Gasteiger partial charge in [0.1, 0.15) is 0 Å². The highest BCUT2D eigenvalue weighted by Crippen LogP contribution is 2.33. The minimum Gasteiger partial charge on any atom is -0.388 e. The topological polar surface area (TPSA) is 36.4 Å². The summed E-state index contributed by atoms with van der Waals surface area (Å²) in [6, 6.07) is 8.33. The fourth-order valence-corrected chi connectivity index (χ4v) is 2.79. The van der Waals surface area contributed by atoms with Crippen LogP contribution in [0.1, 0.15) is 29.2 Å². The molecule has 0 bridgehead atoms. The summed E-state index contributed by atoms with van der Waals surface area (Å²) in [5.74, 6) is 0. The number of anilines is 2. The van der Waals surface area contributed by atoms with Gasteiger partial charge in [0.25, 0.3) is 0 Å². The Morgan fingerprint density at radius 3 is 2.33 bits per heavy atom. The third-order valence-electron chi connectivity index (χ3n) is 2.91. The van der Waals surface area contributed by atoms with Crippen molar-refractivity contribution in [2.75, 3.05) is 11.9 Å². The molecule has 0 aliphatic rings. The van der Waals surface area contributed by atoms with E-state index in [1.165, 1.54) is 16.9 Å². The zero-order chi connectivity index (χ0) is 13.3. The van der Waals surface area contributed by atoms with E-state index in [4.69, 9.17) is 0 Å². The molecule has 0 aliphatic heterocycles. The summed E-state index contributed by atoms with van der Waals surface area (Å²) in [7, 11) is 1.99. The first-order valence-electron chi connectivity index (χ1n) is 5.95. The first-order valence-corrected chi connectivity index (χ1v) is 6.76. The van der Waals surface area contributed by atoms with Crippen LogP contribution in [0.25, 0.3) is 0 Å². The molecule has 1 unspecified atom stereocenters. The fraction of sp³-hybridized carbons (Fsp3) is 0.357. The molecule has 2 aromatic rings. The zero-order valence-corrected chi connectivity index (χ0v) is 12.0. The standard InChI is InChI=1S/C14H18N2OS/c1-9-5-7-12(8-6-9)16(4)14-15-10(2)13(18-14)11(3)17/h5-8,11,17H,1-4H3. The first kappa shape index (κ1) is 13.1. The average Bonchev–Trinajstić information content (AvgIpc) is 2.71. The van der Waals surface area contributed by atoms with E-state index in [1.807, 2.05) is 18.9 Å². The van der Waals surface area contributed by atoms with Crippen LogP contribution in [0.3, 0.4) is 0 Å². The molecule has 1 aromatic carbocycles. The second-order valence-electron chi connectivity index (χ2n) is 4.52. The number of aliphatic hydroxyl groups is 1. The minimum atomic E-state index is -0.456. The number of hydrogen-bond acceptors (Lipinski definition) is 4. The molecule has 96 valence electrons. The molecular formula is C14H18N2OS. The lowest BCUT2D eigenvalue weighted by Gasteiger charge is -2.15. The summed E-state index contributed by atoms with van der Waals surface area (Å²) in [5.41, 5.74) is 3.25. The molecule has 2 rings (SSSR count). The Bertz CT molecular complexity index is 531. The van der Waals surface area contributed by atoms with E-state index in [2.05, 4.69) is 36.2 Å². The van der Waals surface area contributed by atoms with Gasteiger partial charge in [-0.25, -0.2) is 4.98 Å². The lowest BCUT2D eigenvalue weighted by atomic mass is 10.2. The Hall–Kier alpha value is -1.39. The molecule has 0 radical (unpaired) electrons. The maximum Gasteiger partial charge on any atom is 0.190 e. The SMILES string of the molecule is Cc1ccc(N(C)c2nc(C)c(C(C)O)s2)cc1. The van der Waals surface area contributed by atoms with Gasteiger partial charge in [-0.1, -0.05) is 29.0 Å². The molecule has 4 heteroatoms. The Kier molecular flexibility index (Phi) is 3.68. The van der Waals surface area contributed by atoms with Crippen LogP contribution in [0.5, 0.6) is 0 Å². The van der Waals surface area contributed by atoms with Crippen LogP contribution in [0.15, 0.2) is 24.3 Å².